The van der Waals surface area contributed by atoms with Crippen LogP contribution in [0.3, 0.4) is 0 Å². The predicted molar refractivity (Wildman–Crippen MR) is 145 cm³/mol. The van der Waals surface area contributed by atoms with Gasteiger partial charge in [0.1, 0.15) is 10.6 Å². The number of benzene rings is 2. The first-order valence-corrected chi connectivity index (χ1v) is 13.7. The summed E-state index contributed by atoms with van der Waals surface area (Å²) in [6.07, 6.45) is 0.829. The number of carbonyl (C=O) groups is 1. The van der Waals surface area contributed by atoms with Crippen molar-refractivity contribution in [2.24, 2.45) is 5.92 Å². The molecule has 1 amide bonds. The molecule has 36 heavy (non-hydrogen) atoms. The lowest BCUT2D eigenvalue weighted by atomic mass is 9.99. The molecule has 2 aromatic carbocycles. The minimum atomic E-state index is -0.423. The first-order valence-electron chi connectivity index (χ1n) is 12.1. The van der Waals surface area contributed by atoms with Crippen LogP contribution in [0.5, 0.6) is 0 Å². The molecule has 0 saturated carbocycles. The van der Waals surface area contributed by atoms with Gasteiger partial charge in [0.05, 0.1) is 16.3 Å². The molecule has 0 aliphatic carbocycles. The molecule has 0 fully saturated rings. The Bertz CT molecular complexity index is 1510. The van der Waals surface area contributed by atoms with Crippen LogP contribution in [0.4, 0.5) is 4.39 Å². The van der Waals surface area contributed by atoms with E-state index in [0.29, 0.717) is 34.1 Å². The Hall–Kier alpha value is -2.97. The maximum absolute atomic E-state index is 13.8. The number of nitrogens with zero attached hydrogens (tertiary/aromatic N) is 3. The molecule has 1 unspecified atom stereocenters. The molecule has 2 aromatic heterocycles. The maximum Gasteiger partial charge on any atom is 0.267 e. The molecule has 5 rings (SSSR count). The zero-order chi connectivity index (χ0) is 25.6. The molecule has 0 radical (unpaired) electrons. The molecule has 0 saturated heterocycles. The largest absolute Gasteiger partial charge is 0.337 e. The molecular weight excluding hydrogens is 493 g/mol. The fourth-order valence-corrected chi connectivity index (χ4v) is 6.89. The molecule has 1 atom stereocenters. The highest BCUT2D eigenvalue weighted by Crippen LogP contribution is 2.34. The molecule has 3 heterocycles. The Balaban J connectivity index is 1.57. The molecule has 4 aromatic rings. The van der Waals surface area contributed by atoms with Crippen LogP contribution >= 0.6 is 23.1 Å². The second-order valence-electron chi connectivity index (χ2n) is 9.54. The molecule has 1 aliphatic heterocycles. The Labute approximate surface area is 218 Å². The van der Waals surface area contributed by atoms with Gasteiger partial charge in [-0.1, -0.05) is 49.9 Å². The molecule has 0 N–H and O–H groups in total. The molecule has 0 spiro atoms. The first-order chi connectivity index (χ1) is 17.2. The SMILES string of the molecule is Cc1sc2nc(SC(C(=O)N3CCc4ccccc4C3)C(C)C)n(-c3ccc(F)cc3)c(=O)c2c1C. The summed E-state index contributed by atoms with van der Waals surface area (Å²) >= 11 is 2.81. The van der Waals surface area contributed by atoms with Crippen molar-refractivity contribution < 1.29 is 9.18 Å². The van der Waals surface area contributed by atoms with E-state index >= 15 is 0 Å². The van der Waals surface area contributed by atoms with Crippen molar-refractivity contribution in [1.82, 2.24) is 14.5 Å². The smallest absolute Gasteiger partial charge is 0.267 e. The summed E-state index contributed by atoms with van der Waals surface area (Å²) in [6.45, 7) is 9.19. The van der Waals surface area contributed by atoms with Crippen LogP contribution in [-0.2, 0) is 17.8 Å². The zero-order valence-electron chi connectivity index (χ0n) is 20.7. The van der Waals surface area contributed by atoms with Crippen LogP contribution in [0.15, 0.2) is 58.5 Å². The highest BCUT2D eigenvalue weighted by Gasteiger charge is 2.32. The van der Waals surface area contributed by atoms with Gasteiger partial charge in [0.15, 0.2) is 5.16 Å². The van der Waals surface area contributed by atoms with Crippen molar-refractivity contribution in [2.45, 2.75) is 51.1 Å². The second-order valence-corrected chi connectivity index (χ2v) is 11.8. The van der Waals surface area contributed by atoms with Gasteiger partial charge in [-0.25, -0.2) is 9.37 Å². The van der Waals surface area contributed by atoms with Crippen LogP contribution in [0.1, 0.15) is 35.4 Å². The van der Waals surface area contributed by atoms with Gasteiger partial charge in [-0.3, -0.25) is 14.2 Å². The number of aryl methyl sites for hydroxylation is 2. The fraction of sp³-hybridized carbons (Fsp3) is 0.321. The predicted octanol–water partition coefficient (Wildman–Crippen LogP) is 5.90. The number of carbonyl (C=O) groups excluding carboxylic acids is 1. The first kappa shape index (κ1) is 24.7. The van der Waals surface area contributed by atoms with Gasteiger partial charge >= 0.3 is 0 Å². The van der Waals surface area contributed by atoms with E-state index in [1.807, 2.05) is 44.7 Å². The van der Waals surface area contributed by atoms with Crippen molar-refractivity contribution >= 4 is 39.2 Å². The van der Waals surface area contributed by atoms with Gasteiger partial charge in [-0.15, -0.1) is 11.3 Å². The topological polar surface area (TPSA) is 55.2 Å². The number of hydrogen-bond acceptors (Lipinski definition) is 5. The van der Waals surface area contributed by atoms with Gasteiger partial charge in [-0.05, 0) is 67.1 Å². The highest BCUT2D eigenvalue weighted by molar-refractivity contribution is 8.00. The normalized spacial score (nSPS) is 14.3. The minimum Gasteiger partial charge on any atom is -0.337 e. The number of amides is 1. The third kappa shape index (κ3) is 4.48. The lowest BCUT2D eigenvalue weighted by Gasteiger charge is -2.33. The monoisotopic (exact) mass is 521 g/mol. The standard InChI is InChI=1S/C28H28FN3O2S2/c1-16(2)24(27(34)31-14-13-19-7-5-6-8-20(19)15-31)36-28-30-25-23(17(3)18(4)35-25)26(33)32(28)22-11-9-21(29)10-12-22/h5-12,16,24H,13-15H2,1-4H3. The van der Waals surface area contributed by atoms with E-state index in [-0.39, 0.29) is 23.2 Å². The van der Waals surface area contributed by atoms with Gasteiger partial charge < -0.3 is 4.90 Å². The molecular formula is C28H28FN3O2S2. The van der Waals surface area contributed by atoms with Crippen LogP contribution in [0, 0.1) is 25.6 Å². The lowest BCUT2D eigenvalue weighted by Crippen LogP contribution is -2.43. The number of rotatable bonds is 5. The van der Waals surface area contributed by atoms with E-state index in [4.69, 9.17) is 4.98 Å². The summed E-state index contributed by atoms with van der Waals surface area (Å²) in [6, 6.07) is 14.1. The summed E-state index contributed by atoms with van der Waals surface area (Å²) in [7, 11) is 0. The molecule has 1 aliphatic rings. The summed E-state index contributed by atoms with van der Waals surface area (Å²) in [5, 5.41) is 0.601. The number of thioether (sulfide) groups is 1. The van der Waals surface area contributed by atoms with E-state index in [2.05, 4.69) is 12.1 Å². The van der Waals surface area contributed by atoms with Crippen molar-refractivity contribution in [2.75, 3.05) is 6.54 Å². The number of halogens is 1. The fourth-order valence-electron chi connectivity index (χ4n) is 4.62. The Morgan fingerprint density at radius 1 is 1.08 bits per heavy atom. The van der Waals surface area contributed by atoms with E-state index in [9.17, 15) is 14.0 Å². The summed E-state index contributed by atoms with van der Waals surface area (Å²) < 4.78 is 15.2. The van der Waals surface area contributed by atoms with Gasteiger partial charge in [0, 0.05) is 18.0 Å². The average molecular weight is 522 g/mol. The van der Waals surface area contributed by atoms with Crippen molar-refractivity contribution in [3.05, 3.63) is 86.3 Å². The Morgan fingerprint density at radius 3 is 2.47 bits per heavy atom. The van der Waals surface area contributed by atoms with Crippen molar-refractivity contribution in [3.63, 3.8) is 0 Å². The number of aromatic nitrogens is 2. The van der Waals surface area contributed by atoms with Crippen LogP contribution in [0.25, 0.3) is 15.9 Å². The lowest BCUT2D eigenvalue weighted by molar-refractivity contribution is -0.132. The number of hydrogen-bond donors (Lipinski definition) is 0. The molecule has 0 bridgehead atoms. The molecule has 8 heteroatoms. The Kier molecular flexibility index (Phi) is 6.74. The number of fused-ring (bicyclic) bond motifs is 2. The average Bonchev–Trinajstić information content (AvgIpc) is 3.15. The van der Waals surface area contributed by atoms with Crippen molar-refractivity contribution in [1.29, 1.82) is 0 Å². The summed E-state index contributed by atoms with van der Waals surface area (Å²) in [5.41, 5.74) is 3.71. The van der Waals surface area contributed by atoms with Gasteiger partial charge in [0.2, 0.25) is 5.91 Å². The third-order valence-electron chi connectivity index (χ3n) is 6.78. The highest BCUT2D eigenvalue weighted by atomic mass is 32.2. The number of thiophene rings is 1. The quantitative estimate of drug-likeness (QED) is 0.242. The Morgan fingerprint density at radius 2 is 1.78 bits per heavy atom. The van der Waals surface area contributed by atoms with Crippen LogP contribution in [-0.4, -0.2) is 32.2 Å². The van der Waals surface area contributed by atoms with Gasteiger partial charge in [0.25, 0.3) is 5.56 Å². The van der Waals surface area contributed by atoms with E-state index in [0.717, 1.165) is 16.9 Å². The summed E-state index contributed by atoms with van der Waals surface area (Å²) in [4.78, 5) is 36.0. The minimum absolute atomic E-state index is 0.0146. The van der Waals surface area contributed by atoms with E-state index in [1.54, 1.807) is 12.1 Å². The van der Waals surface area contributed by atoms with E-state index in [1.165, 1.54) is 50.9 Å². The van der Waals surface area contributed by atoms with Gasteiger partial charge in [-0.2, -0.15) is 0 Å². The zero-order valence-corrected chi connectivity index (χ0v) is 22.4. The summed E-state index contributed by atoms with van der Waals surface area (Å²) in [5.74, 6) is -0.318. The second kappa shape index (κ2) is 9.82. The van der Waals surface area contributed by atoms with Crippen LogP contribution < -0.4 is 5.56 Å². The maximum atomic E-state index is 13.8. The third-order valence-corrected chi connectivity index (χ3v) is 9.37. The van der Waals surface area contributed by atoms with Crippen molar-refractivity contribution in [3.8, 4) is 5.69 Å². The molecule has 186 valence electrons. The van der Waals surface area contributed by atoms with E-state index < -0.39 is 5.25 Å². The van der Waals surface area contributed by atoms with Crippen LogP contribution in [0.2, 0.25) is 0 Å². The molecule has 5 nitrogen and oxygen atoms in total.